The summed E-state index contributed by atoms with van der Waals surface area (Å²) in [4.78, 5) is 9.99. The molecule has 0 aromatic rings. The van der Waals surface area contributed by atoms with Gasteiger partial charge in [0.1, 0.15) is 6.04 Å². The van der Waals surface area contributed by atoms with E-state index in [1.54, 1.807) is 0 Å². The Balaban J connectivity index is 3.20. The molecule has 0 bridgehead atoms. The van der Waals surface area contributed by atoms with Crippen molar-refractivity contribution < 1.29 is 0 Å². The highest BCUT2D eigenvalue weighted by molar-refractivity contribution is 14.1. The van der Waals surface area contributed by atoms with Gasteiger partial charge in [0.25, 0.3) is 0 Å². The first kappa shape index (κ1) is 9.33. The normalized spacial score (nSPS) is 13.1. The average Bonchev–Trinajstić information content (AvgIpc) is 1.91. The molecule has 3 heteroatoms. The molecule has 1 unspecified atom stereocenters. The third kappa shape index (κ3) is 4.81. The standard InChI is InChI=1S/C6H12INO/c1-2-3-4-6(5-7)8-9/h6H,2-5H2,1H3. The van der Waals surface area contributed by atoms with Crippen LogP contribution in [0.5, 0.6) is 0 Å². The highest BCUT2D eigenvalue weighted by Gasteiger charge is 2.03. The van der Waals surface area contributed by atoms with Gasteiger partial charge in [-0.1, -0.05) is 47.5 Å². The zero-order chi connectivity index (χ0) is 7.11. The molecule has 9 heavy (non-hydrogen) atoms. The third-order valence-electron chi connectivity index (χ3n) is 1.22. The summed E-state index contributed by atoms with van der Waals surface area (Å²) < 4.78 is 0.862. The first-order chi connectivity index (χ1) is 4.35. The van der Waals surface area contributed by atoms with Crippen LogP contribution in [0.15, 0.2) is 5.18 Å². The van der Waals surface area contributed by atoms with Crippen molar-refractivity contribution in [2.24, 2.45) is 5.18 Å². The van der Waals surface area contributed by atoms with Crippen LogP contribution in [0.2, 0.25) is 0 Å². The molecule has 0 amide bonds. The molecule has 0 aliphatic carbocycles. The summed E-state index contributed by atoms with van der Waals surface area (Å²) in [5.41, 5.74) is 0. The number of hydrogen-bond acceptors (Lipinski definition) is 2. The van der Waals surface area contributed by atoms with E-state index in [1.807, 2.05) is 0 Å². The third-order valence-corrected chi connectivity index (χ3v) is 2.23. The largest absolute Gasteiger partial charge is 0.150 e. The topological polar surface area (TPSA) is 29.4 Å². The average molecular weight is 241 g/mol. The minimum Gasteiger partial charge on any atom is -0.150 e. The number of unbranched alkanes of at least 4 members (excludes halogenated alkanes) is 1. The van der Waals surface area contributed by atoms with Gasteiger partial charge < -0.3 is 0 Å². The summed E-state index contributed by atoms with van der Waals surface area (Å²) in [6, 6.07) is 0.0607. The number of nitroso groups, excluding NO2 is 1. The van der Waals surface area contributed by atoms with Crippen molar-refractivity contribution in [1.29, 1.82) is 0 Å². The van der Waals surface area contributed by atoms with Gasteiger partial charge in [-0.15, -0.1) is 0 Å². The van der Waals surface area contributed by atoms with Crippen LogP contribution in [0.3, 0.4) is 0 Å². The maximum Gasteiger partial charge on any atom is 0.101 e. The number of halogens is 1. The van der Waals surface area contributed by atoms with Crippen LogP contribution in [-0.4, -0.2) is 10.5 Å². The fraction of sp³-hybridized carbons (Fsp3) is 1.00. The molecule has 0 aromatic carbocycles. The highest BCUT2D eigenvalue weighted by Crippen LogP contribution is 2.06. The monoisotopic (exact) mass is 241 g/mol. The maximum atomic E-state index is 9.99. The Bertz CT molecular complexity index is 77.5. The van der Waals surface area contributed by atoms with Gasteiger partial charge >= 0.3 is 0 Å². The smallest absolute Gasteiger partial charge is 0.101 e. The summed E-state index contributed by atoms with van der Waals surface area (Å²) in [6.07, 6.45) is 3.24. The second-order valence-electron chi connectivity index (χ2n) is 2.06. The molecule has 0 saturated heterocycles. The van der Waals surface area contributed by atoms with Crippen LogP contribution in [0, 0.1) is 4.91 Å². The Hall–Kier alpha value is 0.330. The Morgan fingerprint density at radius 3 is 2.67 bits per heavy atom. The molecule has 0 N–H and O–H groups in total. The Morgan fingerprint density at radius 2 is 2.33 bits per heavy atom. The van der Waals surface area contributed by atoms with Crippen molar-refractivity contribution in [2.45, 2.75) is 32.2 Å². The van der Waals surface area contributed by atoms with Crippen LogP contribution >= 0.6 is 22.6 Å². The van der Waals surface area contributed by atoms with Crippen LogP contribution < -0.4 is 0 Å². The molecule has 54 valence electrons. The summed E-state index contributed by atoms with van der Waals surface area (Å²) in [5.74, 6) is 0. The molecule has 0 heterocycles. The van der Waals surface area contributed by atoms with Gasteiger partial charge in [-0.05, 0) is 6.42 Å². The van der Waals surface area contributed by atoms with Crippen molar-refractivity contribution in [1.82, 2.24) is 0 Å². The quantitative estimate of drug-likeness (QED) is 0.413. The number of hydrogen-bond donors (Lipinski definition) is 0. The van der Waals surface area contributed by atoms with E-state index in [0.29, 0.717) is 0 Å². The van der Waals surface area contributed by atoms with Gasteiger partial charge in [-0.2, -0.15) is 4.91 Å². The van der Waals surface area contributed by atoms with Crippen LogP contribution in [-0.2, 0) is 0 Å². The first-order valence-corrected chi connectivity index (χ1v) is 4.76. The molecular weight excluding hydrogens is 229 g/mol. The van der Waals surface area contributed by atoms with Gasteiger partial charge in [-0.25, -0.2) is 0 Å². The molecule has 0 radical (unpaired) electrons. The van der Waals surface area contributed by atoms with Gasteiger partial charge in [0.05, 0.1) is 0 Å². The second kappa shape index (κ2) is 6.45. The Morgan fingerprint density at radius 1 is 1.67 bits per heavy atom. The second-order valence-corrected chi connectivity index (χ2v) is 2.94. The molecule has 0 saturated carbocycles. The highest BCUT2D eigenvalue weighted by atomic mass is 127. The molecule has 2 nitrogen and oxygen atoms in total. The fourth-order valence-corrected chi connectivity index (χ4v) is 1.20. The number of nitrogens with zero attached hydrogens (tertiary/aromatic N) is 1. The van der Waals surface area contributed by atoms with Crippen LogP contribution in [0.1, 0.15) is 26.2 Å². The van der Waals surface area contributed by atoms with Crippen molar-refractivity contribution in [3.05, 3.63) is 4.91 Å². The first-order valence-electron chi connectivity index (χ1n) is 3.23. The van der Waals surface area contributed by atoms with Crippen molar-refractivity contribution >= 4 is 22.6 Å². The van der Waals surface area contributed by atoms with Gasteiger partial charge in [-0.3, -0.25) is 0 Å². The van der Waals surface area contributed by atoms with E-state index in [2.05, 4.69) is 34.7 Å². The molecular formula is C6H12INO. The maximum absolute atomic E-state index is 9.99. The lowest BCUT2D eigenvalue weighted by Gasteiger charge is -2.00. The molecule has 1 atom stereocenters. The molecule has 0 rings (SSSR count). The molecule has 0 aliphatic heterocycles. The summed E-state index contributed by atoms with van der Waals surface area (Å²) in [5, 5.41) is 2.99. The minimum atomic E-state index is 0.0607. The number of rotatable bonds is 5. The van der Waals surface area contributed by atoms with E-state index in [0.717, 1.165) is 23.7 Å². The van der Waals surface area contributed by atoms with Crippen LogP contribution in [0.25, 0.3) is 0 Å². The Labute approximate surface area is 69.5 Å². The zero-order valence-electron chi connectivity index (χ0n) is 5.64. The van der Waals surface area contributed by atoms with E-state index in [-0.39, 0.29) is 6.04 Å². The predicted molar refractivity (Wildman–Crippen MR) is 48.0 cm³/mol. The summed E-state index contributed by atoms with van der Waals surface area (Å²) in [7, 11) is 0. The van der Waals surface area contributed by atoms with E-state index in [9.17, 15) is 4.91 Å². The molecule has 0 spiro atoms. The summed E-state index contributed by atoms with van der Waals surface area (Å²) >= 11 is 2.20. The lowest BCUT2D eigenvalue weighted by molar-refractivity contribution is 0.626. The van der Waals surface area contributed by atoms with E-state index >= 15 is 0 Å². The van der Waals surface area contributed by atoms with Gasteiger partial charge in [0, 0.05) is 4.43 Å². The van der Waals surface area contributed by atoms with Crippen molar-refractivity contribution in [2.75, 3.05) is 4.43 Å². The molecule has 0 aliphatic rings. The van der Waals surface area contributed by atoms with Gasteiger partial charge in [0.2, 0.25) is 0 Å². The fourth-order valence-electron chi connectivity index (χ4n) is 0.598. The number of alkyl halides is 1. The molecule has 0 aromatic heterocycles. The van der Waals surface area contributed by atoms with Gasteiger partial charge in [0.15, 0.2) is 0 Å². The lowest BCUT2D eigenvalue weighted by Crippen LogP contribution is -2.03. The van der Waals surface area contributed by atoms with Crippen molar-refractivity contribution in [3.63, 3.8) is 0 Å². The Kier molecular flexibility index (Phi) is 6.69. The van der Waals surface area contributed by atoms with E-state index < -0.39 is 0 Å². The van der Waals surface area contributed by atoms with Crippen molar-refractivity contribution in [3.8, 4) is 0 Å². The van der Waals surface area contributed by atoms with Crippen LogP contribution in [0.4, 0.5) is 0 Å². The summed E-state index contributed by atoms with van der Waals surface area (Å²) in [6.45, 7) is 2.12. The predicted octanol–water partition coefficient (Wildman–Crippen LogP) is 2.75. The lowest BCUT2D eigenvalue weighted by atomic mass is 10.2. The minimum absolute atomic E-state index is 0.0607. The van der Waals surface area contributed by atoms with E-state index in [1.165, 1.54) is 0 Å². The zero-order valence-corrected chi connectivity index (χ0v) is 7.80. The van der Waals surface area contributed by atoms with E-state index in [4.69, 9.17) is 0 Å². The SMILES string of the molecule is CCCCC(CI)N=O. The molecule has 0 fully saturated rings.